The molecule has 1 aliphatic heterocycles. The van der Waals surface area contributed by atoms with Crippen LogP contribution in [0.25, 0.3) is 0 Å². The molecule has 7 heteroatoms. The summed E-state index contributed by atoms with van der Waals surface area (Å²) in [7, 11) is 0. The van der Waals surface area contributed by atoms with Crippen molar-refractivity contribution in [3.05, 3.63) is 0 Å². The van der Waals surface area contributed by atoms with Gasteiger partial charge in [0.2, 0.25) is 5.91 Å². The van der Waals surface area contributed by atoms with E-state index in [1.54, 1.807) is 0 Å². The average molecular weight is 480 g/mol. The minimum atomic E-state index is -0.335. The molecule has 26 heavy (non-hydrogen) atoms. The maximum absolute atomic E-state index is 12.1. The van der Waals surface area contributed by atoms with Gasteiger partial charge in [0.15, 0.2) is 5.96 Å². The number of halogens is 1. The largest absolute Gasteiger partial charge is 0.391 e. The van der Waals surface area contributed by atoms with Crippen molar-refractivity contribution in [1.29, 1.82) is 0 Å². The molecule has 0 aromatic carbocycles. The SMILES string of the molecule is CCNC(=NCC(O)C1CCCCC1)N1CCN(C(=O)C(C)C)CC1.I. The summed E-state index contributed by atoms with van der Waals surface area (Å²) in [6.07, 6.45) is 5.69. The lowest BCUT2D eigenvalue weighted by atomic mass is 9.85. The monoisotopic (exact) mass is 480 g/mol. The summed E-state index contributed by atoms with van der Waals surface area (Å²) < 4.78 is 0. The molecule has 2 N–H and O–H groups in total. The third-order valence-electron chi connectivity index (χ3n) is 5.34. The molecule has 152 valence electrons. The molecule has 1 atom stereocenters. The summed E-state index contributed by atoms with van der Waals surface area (Å²) in [5.41, 5.74) is 0. The van der Waals surface area contributed by atoms with E-state index in [1.807, 2.05) is 18.7 Å². The highest BCUT2D eigenvalue weighted by molar-refractivity contribution is 14.0. The van der Waals surface area contributed by atoms with E-state index in [1.165, 1.54) is 19.3 Å². The molecule has 1 unspecified atom stereocenters. The fraction of sp³-hybridized carbons (Fsp3) is 0.895. The van der Waals surface area contributed by atoms with Gasteiger partial charge in [0, 0.05) is 38.6 Å². The van der Waals surface area contributed by atoms with Crippen LogP contribution in [0.15, 0.2) is 4.99 Å². The van der Waals surface area contributed by atoms with Gasteiger partial charge in [-0.2, -0.15) is 0 Å². The summed E-state index contributed by atoms with van der Waals surface area (Å²) >= 11 is 0. The molecule has 2 aliphatic rings. The lowest BCUT2D eigenvalue weighted by molar-refractivity contribution is -0.135. The number of hydrogen-bond acceptors (Lipinski definition) is 3. The van der Waals surface area contributed by atoms with Gasteiger partial charge < -0.3 is 20.2 Å². The summed E-state index contributed by atoms with van der Waals surface area (Å²) in [5.74, 6) is 1.56. The normalized spacial score (nSPS) is 20.7. The third kappa shape index (κ3) is 6.87. The second-order valence-electron chi connectivity index (χ2n) is 7.63. The summed E-state index contributed by atoms with van der Waals surface area (Å²) in [5, 5.41) is 13.8. The number of aliphatic hydroxyl groups excluding tert-OH is 1. The Morgan fingerprint density at radius 2 is 1.69 bits per heavy atom. The number of carbonyl (C=O) groups is 1. The van der Waals surface area contributed by atoms with E-state index < -0.39 is 0 Å². The minimum absolute atomic E-state index is 0. The van der Waals surface area contributed by atoms with Crippen molar-refractivity contribution in [2.75, 3.05) is 39.3 Å². The van der Waals surface area contributed by atoms with Gasteiger partial charge in [-0.1, -0.05) is 33.1 Å². The zero-order valence-corrected chi connectivity index (χ0v) is 18.9. The molecule has 0 aromatic rings. The van der Waals surface area contributed by atoms with Gasteiger partial charge in [0.05, 0.1) is 12.6 Å². The molecule has 0 aromatic heterocycles. The zero-order valence-electron chi connectivity index (χ0n) is 16.6. The first-order valence-electron chi connectivity index (χ1n) is 10.0. The first kappa shape index (κ1) is 23.5. The Labute approximate surface area is 175 Å². The Morgan fingerprint density at radius 1 is 1.12 bits per heavy atom. The number of aliphatic imine (C=N–C) groups is 1. The fourth-order valence-corrected chi connectivity index (χ4v) is 3.78. The zero-order chi connectivity index (χ0) is 18.2. The highest BCUT2D eigenvalue weighted by Gasteiger charge is 2.25. The van der Waals surface area contributed by atoms with Gasteiger partial charge in [-0.3, -0.25) is 9.79 Å². The summed E-state index contributed by atoms with van der Waals surface area (Å²) in [6, 6.07) is 0. The molecular formula is C19H37IN4O2. The standard InChI is InChI=1S/C19H36N4O2.HI/c1-4-20-19(21-14-17(24)16-8-6-5-7-9-16)23-12-10-22(11-13-23)18(25)15(2)3;/h15-17,24H,4-14H2,1-3H3,(H,20,21);1H. The van der Waals surface area contributed by atoms with Crippen LogP contribution in [0.2, 0.25) is 0 Å². The second kappa shape index (κ2) is 12.0. The number of carbonyl (C=O) groups excluding carboxylic acids is 1. The number of piperazine rings is 1. The summed E-state index contributed by atoms with van der Waals surface area (Å²) in [6.45, 7) is 10.3. The number of aliphatic hydroxyl groups is 1. The third-order valence-corrected chi connectivity index (χ3v) is 5.34. The average Bonchev–Trinajstić information content (AvgIpc) is 2.65. The van der Waals surface area contributed by atoms with E-state index in [0.29, 0.717) is 12.5 Å². The van der Waals surface area contributed by atoms with E-state index in [9.17, 15) is 9.90 Å². The number of amides is 1. The lowest BCUT2D eigenvalue weighted by Gasteiger charge is -2.37. The molecule has 2 rings (SSSR count). The van der Waals surface area contributed by atoms with Gasteiger partial charge >= 0.3 is 0 Å². The quantitative estimate of drug-likeness (QED) is 0.360. The first-order chi connectivity index (χ1) is 12.0. The van der Waals surface area contributed by atoms with Gasteiger partial charge in [-0.05, 0) is 25.7 Å². The number of nitrogens with zero attached hydrogens (tertiary/aromatic N) is 3. The number of rotatable bonds is 5. The van der Waals surface area contributed by atoms with Crippen molar-refractivity contribution in [2.45, 2.75) is 59.0 Å². The van der Waals surface area contributed by atoms with Crippen molar-refractivity contribution >= 4 is 35.8 Å². The van der Waals surface area contributed by atoms with E-state index in [-0.39, 0.29) is 41.9 Å². The summed E-state index contributed by atoms with van der Waals surface area (Å²) in [4.78, 5) is 21.0. The van der Waals surface area contributed by atoms with Gasteiger partial charge in [-0.25, -0.2) is 0 Å². The van der Waals surface area contributed by atoms with Crippen LogP contribution < -0.4 is 5.32 Å². The maximum Gasteiger partial charge on any atom is 0.225 e. The van der Waals surface area contributed by atoms with Crippen LogP contribution in [0.5, 0.6) is 0 Å². The molecule has 1 aliphatic carbocycles. The van der Waals surface area contributed by atoms with Crippen molar-refractivity contribution in [1.82, 2.24) is 15.1 Å². The van der Waals surface area contributed by atoms with E-state index in [0.717, 1.165) is 51.5 Å². The van der Waals surface area contributed by atoms with Crippen LogP contribution in [0, 0.1) is 11.8 Å². The van der Waals surface area contributed by atoms with Gasteiger partial charge in [0.1, 0.15) is 0 Å². The molecule has 6 nitrogen and oxygen atoms in total. The van der Waals surface area contributed by atoms with E-state index in [4.69, 9.17) is 4.99 Å². The van der Waals surface area contributed by atoms with E-state index in [2.05, 4.69) is 17.1 Å². The highest BCUT2D eigenvalue weighted by atomic mass is 127. The topological polar surface area (TPSA) is 68.2 Å². The predicted molar refractivity (Wildman–Crippen MR) is 117 cm³/mol. The first-order valence-corrected chi connectivity index (χ1v) is 10.0. The van der Waals surface area contributed by atoms with Crippen molar-refractivity contribution in [3.8, 4) is 0 Å². The second-order valence-corrected chi connectivity index (χ2v) is 7.63. The minimum Gasteiger partial charge on any atom is -0.391 e. The number of guanidine groups is 1. The molecule has 1 amide bonds. The van der Waals surface area contributed by atoms with Crippen molar-refractivity contribution in [2.24, 2.45) is 16.8 Å². The van der Waals surface area contributed by atoms with Crippen LogP contribution in [0.4, 0.5) is 0 Å². The smallest absolute Gasteiger partial charge is 0.225 e. The Bertz CT molecular complexity index is 445. The molecule has 0 bridgehead atoms. The molecular weight excluding hydrogens is 443 g/mol. The molecule has 0 radical (unpaired) electrons. The molecule has 1 saturated heterocycles. The van der Waals surface area contributed by atoms with Crippen LogP contribution in [-0.4, -0.2) is 72.1 Å². The van der Waals surface area contributed by atoms with E-state index >= 15 is 0 Å². The van der Waals surface area contributed by atoms with Crippen LogP contribution >= 0.6 is 24.0 Å². The van der Waals surface area contributed by atoms with Gasteiger partial charge in [-0.15, -0.1) is 24.0 Å². The molecule has 0 spiro atoms. The molecule has 1 heterocycles. The van der Waals surface area contributed by atoms with Gasteiger partial charge in [0.25, 0.3) is 0 Å². The number of nitrogens with one attached hydrogen (secondary N) is 1. The lowest BCUT2D eigenvalue weighted by Crippen LogP contribution is -2.54. The van der Waals surface area contributed by atoms with Crippen LogP contribution in [-0.2, 0) is 4.79 Å². The van der Waals surface area contributed by atoms with Crippen LogP contribution in [0.3, 0.4) is 0 Å². The van der Waals surface area contributed by atoms with Crippen molar-refractivity contribution < 1.29 is 9.90 Å². The fourth-order valence-electron chi connectivity index (χ4n) is 3.78. The molecule has 2 fully saturated rings. The Balaban J connectivity index is 0.00000338. The molecule has 1 saturated carbocycles. The number of hydrogen-bond donors (Lipinski definition) is 2. The maximum atomic E-state index is 12.1. The predicted octanol–water partition coefficient (Wildman–Crippen LogP) is 2.31. The van der Waals surface area contributed by atoms with Crippen molar-refractivity contribution in [3.63, 3.8) is 0 Å². The Kier molecular flexibility index (Phi) is 10.8. The Hall–Kier alpha value is -0.570. The Morgan fingerprint density at radius 3 is 2.23 bits per heavy atom. The highest BCUT2D eigenvalue weighted by Crippen LogP contribution is 2.26. The van der Waals surface area contributed by atoms with Crippen LogP contribution in [0.1, 0.15) is 52.9 Å².